The topological polar surface area (TPSA) is 48.4 Å². The number of rotatable bonds is 3. The molecule has 0 aliphatic heterocycles. The molecule has 1 rings (SSSR count). The van der Waals surface area contributed by atoms with E-state index in [1.807, 2.05) is 0 Å². The number of alkyl halides is 6. The van der Waals surface area contributed by atoms with Crippen molar-refractivity contribution in [1.82, 2.24) is 4.98 Å². The average Bonchev–Trinajstić information content (AvgIpc) is 2.28. The molecule has 1 aromatic rings. The smallest absolute Gasteiger partial charge is 0.461 e. The molecule has 118 valence electrons. The number of hydrogen-bond donors (Lipinski definition) is 0. The monoisotopic (exact) mass is 321 g/mol. The highest BCUT2D eigenvalue weighted by molar-refractivity contribution is 5.90. The van der Waals surface area contributed by atoms with Crippen molar-refractivity contribution in [1.29, 1.82) is 0 Å². The molecule has 1 aromatic heterocycles. The summed E-state index contributed by atoms with van der Waals surface area (Å²) in [6, 6.07) is -0.303. The van der Waals surface area contributed by atoms with Crippen LogP contribution in [0.2, 0.25) is 0 Å². The van der Waals surface area contributed by atoms with E-state index < -0.39 is 41.5 Å². The predicted octanol–water partition coefficient (Wildman–Crippen LogP) is 3.31. The summed E-state index contributed by atoms with van der Waals surface area (Å²) in [5.41, 5.74) is -3.45. The zero-order chi connectivity index (χ0) is 16.4. The number of aromatic nitrogens is 1. The molecule has 0 spiro atoms. The van der Waals surface area contributed by atoms with Crippen LogP contribution in [0, 0.1) is 5.95 Å². The second-order valence-corrected chi connectivity index (χ2v) is 3.44. The Bertz CT molecular complexity index is 539. The lowest BCUT2D eigenvalue weighted by molar-refractivity contribution is -0.275. The van der Waals surface area contributed by atoms with Crippen LogP contribution in [0.25, 0.3) is 0 Å². The first-order valence-electron chi connectivity index (χ1n) is 5.16. The minimum atomic E-state index is -5.40. The Morgan fingerprint density at radius 1 is 1.24 bits per heavy atom. The van der Waals surface area contributed by atoms with Gasteiger partial charge < -0.3 is 9.47 Å². The number of pyridine rings is 1. The first kappa shape index (κ1) is 17.0. The first-order valence-corrected chi connectivity index (χ1v) is 5.16. The molecule has 0 atom stereocenters. The Morgan fingerprint density at radius 2 is 1.81 bits per heavy atom. The van der Waals surface area contributed by atoms with Crippen LogP contribution in [0.1, 0.15) is 23.0 Å². The summed E-state index contributed by atoms with van der Waals surface area (Å²) < 4.78 is 94.3. The fourth-order valence-electron chi connectivity index (χ4n) is 1.22. The SMILES string of the molecule is CCOC(=O)c1nc(F)c(C(F)(F)F)cc1OC(F)(F)F. The molecule has 11 heteroatoms. The molecule has 0 amide bonds. The standard InChI is InChI=1S/C10H6F7NO3/c1-2-20-8(19)6-5(21-10(15,16)17)3-4(7(11)18-6)9(12,13)14/h3H,2H2,1H3. The summed E-state index contributed by atoms with van der Waals surface area (Å²) in [5, 5.41) is 0. The van der Waals surface area contributed by atoms with E-state index in [0.29, 0.717) is 0 Å². The van der Waals surface area contributed by atoms with Crippen molar-refractivity contribution >= 4 is 5.97 Å². The van der Waals surface area contributed by atoms with E-state index in [0.717, 1.165) is 0 Å². The zero-order valence-corrected chi connectivity index (χ0v) is 10.1. The van der Waals surface area contributed by atoms with Gasteiger partial charge in [-0.15, -0.1) is 13.2 Å². The predicted molar refractivity (Wildman–Crippen MR) is 51.8 cm³/mol. The van der Waals surface area contributed by atoms with E-state index in [-0.39, 0.29) is 12.7 Å². The van der Waals surface area contributed by atoms with E-state index in [1.165, 1.54) is 6.92 Å². The maximum atomic E-state index is 13.2. The van der Waals surface area contributed by atoms with Crippen molar-refractivity contribution in [2.24, 2.45) is 0 Å². The van der Waals surface area contributed by atoms with Crippen molar-refractivity contribution < 1.29 is 45.0 Å². The molecule has 4 nitrogen and oxygen atoms in total. The van der Waals surface area contributed by atoms with Crippen LogP contribution < -0.4 is 4.74 Å². The fourth-order valence-corrected chi connectivity index (χ4v) is 1.22. The Balaban J connectivity index is 3.42. The van der Waals surface area contributed by atoms with Crippen molar-refractivity contribution in [3.8, 4) is 5.75 Å². The maximum Gasteiger partial charge on any atom is 0.573 e. The van der Waals surface area contributed by atoms with Gasteiger partial charge in [-0.25, -0.2) is 9.78 Å². The van der Waals surface area contributed by atoms with Crippen molar-refractivity contribution in [2.45, 2.75) is 19.5 Å². The van der Waals surface area contributed by atoms with Crippen LogP contribution in [0.5, 0.6) is 5.75 Å². The molecule has 0 fully saturated rings. The molecule has 0 aliphatic carbocycles. The van der Waals surface area contributed by atoms with Gasteiger partial charge in [0.05, 0.1) is 6.61 Å². The molecule has 0 saturated heterocycles. The van der Waals surface area contributed by atoms with E-state index in [1.54, 1.807) is 0 Å². The molecule has 1 heterocycles. The van der Waals surface area contributed by atoms with Gasteiger partial charge in [0.2, 0.25) is 5.95 Å². The molecule has 0 aromatic carbocycles. The third kappa shape index (κ3) is 4.46. The normalized spacial score (nSPS) is 12.2. The maximum absolute atomic E-state index is 13.2. The van der Waals surface area contributed by atoms with Gasteiger partial charge in [-0.3, -0.25) is 0 Å². The number of nitrogens with zero attached hydrogens (tertiary/aromatic N) is 1. The quantitative estimate of drug-likeness (QED) is 0.487. The van der Waals surface area contributed by atoms with Gasteiger partial charge in [-0.05, 0) is 13.0 Å². The second-order valence-electron chi connectivity index (χ2n) is 3.44. The minimum Gasteiger partial charge on any atom is -0.461 e. The van der Waals surface area contributed by atoms with E-state index >= 15 is 0 Å². The Hall–Kier alpha value is -2.07. The number of esters is 1. The number of hydrogen-bond acceptors (Lipinski definition) is 4. The summed E-state index contributed by atoms with van der Waals surface area (Å²) in [7, 11) is 0. The number of carbonyl (C=O) groups excluding carboxylic acids is 1. The highest BCUT2D eigenvalue weighted by atomic mass is 19.4. The Labute approximate surface area is 112 Å². The molecule has 0 saturated carbocycles. The third-order valence-corrected chi connectivity index (χ3v) is 1.94. The van der Waals surface area contributed by atoms with Crippen LogP contribution in [0.15, 0.2) is 6.07 Å². The van der Waals surface area contributed by atoms with Crippen LogP contribution in [0.3, 0.4) is 0 Å². The van der Waals surface area contributed by atoms with Gasteiger partial charge in [0, 0.05) is 0 Å². The summed E-state index contributed by atoms with van der Waals surface area (Å²) in [6.45, 7) is 0.969. The second kappa shape index (κ2) is 5.74. The van der Waals surface area contributed by atoms with Crippen molar-refractivity contribution in [3.63, 3.8) is 0 Å². The van der Waals surface area contributed by atoms with Crippen LogP contribution >= 0.6 is 0 Å². The lowest BCUT2D eigenvalue weighted by Crippen LogP contribution is -2.22. The number of carbonyl (C=O) groups is 1. The van der Waals surface area contributed by atoms with Crippen LogP contribution in [-0.4, -0.2) is 23.9 Å². The van der Waals surface area contributed by atoms with Gasteiger partial charge in [0.15, 0.2) is 11.4 Å². The summed E-state index contributed by atoms with van der Waals surface area (Å²) in [5.74, 6) is -5.32. The lowest BCUT2D eigenvalue weighted by atomic mass is 10.2. The molecule has 0 unspecified atom stereocenters. The van der Waals surface area contributed by atoms with Crippen molar-refractivity contribution in [3.05, 3.63) is 23.3 Å². The van der Waals surface area contributed by atoms with Crippen molar-refractivity contribution in [2.75, 3.05) is 6.61 Å². The molecule has 0 N–H and O–H groups in total. The first-order chi connectivity index (χ1) is 9.45. The molecule has 21 heavy (non-hydrogen) atoms. The fraction of sp³-hybridized carbons (Fsp3) is 0.400. The van der Waals surface area contributed by atoms with E-state index in [2.05, 4.69) is 14.5 Å². The largest absolute Gasteiger partial charge is 0.573 e. The highest BCUT2D eigenvalue weighted by Crippen LogP contribution is 2.36. The molecule has 0 radical (unpaired) electrons. The van der Waals surface area contributed by atoms with E-state index in [9.17, 15) is 35.5 Å². The van der Waals surface area contributed by atoms with Gasteiger partial charge in [-0.1, -0.05) is 0 Å². The van der Waals surface area contributed by atoms with Crippen LogP contribution in [0.4, 0.5) is 30.7 Å². The third-order valence-electron chi connectivity index (χ3n) is 1.94. The Kier molecular flexibility index (Phi) is 4.64. The summed E-state index contributed by atoms with van der Waals surface area (Å²) >= 11 is 0. The van der Waals surface area contributed by atoms with Gasteiger partial charge >= 0.3 is 18.5 Å². The van der Waals surface area contributed by atoms with E-state index in [4.69, 9.17) is 0 Å². The Morgan fingerprint density at radius 3 is 2.24 bits per heavy atom. The number of ether oxygens (including phenoxy) is 2. The van der Waals surface area contributed by atoms with Gasteiger partial charge in [0.1, 0.15) is 5.56 Å². The molecule has 0 aliphatic rings. The number of halogens is 7. The molecule has 0 bridgehead atoms. The average molecular weight is 321 g/mol. The summed E-state index contributed by atoms with van der Waals surface area (Å²) in [6.07, 6.45) is -10.7. The minimum absolute atomic E-state index is 0.303. The van der Waals surface area contributed by atoms with Gasteiger partial charge in [-0.2, -0.15) is 17.6 Å². The zero-order valence-electron chi connectivity index (χ0n) is 10.1. The summed E-state index contributed by atoms with van der Waals surface area (Å²) in [4.78, 5) is 13.8. The molecular weight excluding hydrogens is 315 g/mol. The van der Waals surface area contributed by atoms with Crippen LogP contribution in [-0.2, 0) is 10.9 Å². The molecular formula is C10H6F7NO3. The van der Waals surface area contributed by atoms with Gasteiger partial charge in [0.25, 0.3) is 0 Å². The lowest BCUT2D eigenvalue weighted by Gasteiger charge is -2.15. The highest BCUT2D eigenvalue weighted by Gasteiger charge is 2.40.